The van der Waals surface area contributed by atoms with E-state index in [1.165, 1.54) is 11.9 Å². The number of aromatic nitrogens is 1. The van der Waals surface area contributed by atoms with Gasteiger partial charge in [-0.05, 0) is 39.8 Å². The zero-order valence-corrected chi connectivity index (χ0v) is 13.1. The molecule has 1 heterocycles. The molecule has 1 aromatic heterocycles. The fourth-order valence-corrected chi connectivity index (χ4v) is 1.69. The zero-order valence-electron chi connectivity index (χ0n) is 12.3. The molecule has 1 unspecified atom stereocenters. The molecule has 0 aromatic carbocycles. The monoisotopic (exact) mass is 298 g/mol. The second-order valence-electron chi connectivity index (χ2n) is 5.65. The van der Waals surface area contributed by atoms with Gasteiger partial charge in [-0.15, -0.1) is 0 Å². The number of rotatable bonds is 3. The summed E-state index contributed by atoms with van der Waals surface area (Å²) in [5.41, 5.74) is -1.50. The third kappa shape index (κ3) is 3.70. The highest BCUT2D eigenvalue weighted by molar-refractivity contribution is 6.29. The zero-order chi connectivity index (χ0) is 15.6. The lowest BCUT2D eigenvalue weighted by Gasteiger charge is -2.34. The molecule has 5 nitrogen and oxygen atoms in total. The smallest absolute Gasteiger partial charge is 0.411 e. The summed E-state index contributed by atoms with van der Waals surface area (Å²) in [5, 5.41) is 0.258. The summed E-state index contributed by atoms with van der Waals surface area (Å²) in [6, 6.07) is 4.92. The van der Waals surface area contributed by atoms with Crippen LogP contribution in [0.25, 0.3) is 0 Å². The number of amides is 1. The Hall–Kier alpha value is -1.62. The van der Waals surface area contributed by atoms with E-state index < -0.39 is 17.2 Å². The Labute approximate surface area is 123 Å². The van der Waals surface area contributed by atoms with E-state index in [2.05, 4.69) is 4.98 Å². The van der Waals surface area contributed by atoms with Gasteiger partial charge in [-0.1, -0.05) is 17.7 Å². The number of carbonyl (C=O) groups excluding carboxylic acids is 2. The van der Waals surface area contributed by atoms with E-state index in [9.17, 15) is 9.59 Å². The van der Waals surface area contributed by atoms with E-state index in [-0.39, 0.29) is 5.15 Å². The van der Waals surface area contributed by atoms with E-state index in [4.69, 9.17) is 16.3 Å². The minimum Gasteiger partial charge on any atom is -0.444 e. The molecule has 0 aliphatic carbocycles. The van der Waals surface area contributed by atoms with Crippen molar-refractivity contribution in [1.29, 1.82) is 0 Å². The first-order chi connectivity index (χ1) is 9.10. The van der Waals surface area contributed by atoms with E-state index in [0.29, 0.717) is 12.0 Å². The van der Waals surface area contributed by atoms with Crippen molar-refractivity contribution < 1.29 is 14.3 Å². The van der Waals surface area contributed by atoms with Gasteiger partial charge in [-0.2, -0.15) is 0 Å². The maximum atomic E-state index is 12.1. The molecule has 0 bridgehead atoms. The molecule has 0 saturated heterocycles. The molecule has 0 aliphatic heterocycles. The van der Waals surface area contributed by atoms with E-state index in [1.54, 1.807) is 45.9 Å². The molecule has 1 aromatic rings. The average molecular weight is 299 g/mol. The molecule has 0 aliphatic rings. The van der Waals surface area contributed by atoms with Gasteiger partial charge in [-0.3, -0.25) is 4.90 Å². The Morgan fingerprint density at radius 3 is 2.40 bits per heavy atom. The van der Waals surface area contributed by atoms with Gasteiger partial charge in [0.05, 0.1) is 5.69 Å². The summed E-state index contributed by atoms with van der Waals surface area (Å²) in [6.07, 6.45) is 0.0455. The lowest BCUT2D eigenvalue weighted by Crippen LogP contribution is -2.48. The first kappa shape index (κ1) is 16.4. The highest BCUT2D eigenvalue weighted by Gasteiger charge is 2.38. The van der Waals surface area contributed by atoms with Crippen LogP contribution in [-0.4, -0.2) is 34.9 Å². The van der Waals surface area contributed by atoms with Crippen molar-refractivity contribution in [2.24, 2.45) is 0 Å². The van der Waals surface area contributed by atoms with Crippen LogP contribution in [-0.2, 0) is 15.1 Å². The number of aldehydes is 1. The van der Waals surface area contributed by atoms with Crippen LogP contribution in [0.3, 0.4) is 0 Å². The van der Waals surface area contributed by atoms with Crippen LogP contribution < -0.4 is 0 Å². The molecule has 20 heavy (non-hydrogen) atoms. The summed E-state index contributed by atoms with van der Waals surface area (Å²) in [6.45, 7) is 6.86. The number of halogens is 1. The molecule has 6 heteroatoms. The maximum Gasteiger partial charge on any atom is 0.411 e. The van der Waals surface area contributed by atoms with E-state index in [1.807, 2.05) is 0 Å². The summed E-state index contributed by atoms with van der Waals surface area (Å²) in [5.74, 6) is 0. The Kier molecular flexibility index (Phi) is 4.76. The summed E-state index contributed by atoms with van der Waals surface area (Å²) < 4.78 is 5.27. The van der Waals surface area contributed by atoms with Gasteiger partial charge >= 0.3 is 6.09 Å². The number of nitrogens with zero attached hydrogens (tertiary/aromatic N) is 2. The second kappa shape index (κ2) is 5.79. The van der Waals surface area contributed by atoms with Gasteiger partial charge < -0.3 is 9.53 Å². The SMILES string of the molecule is CN(C(=O)OC(C)(C)C)C(C)(C=O)c1cccc(Cl)n1. The van der Waals surface area contributed by atoms with Crippen LogP contribution in [0.1, 0.15) is 33.4 Å². The first-order valence-electron chi connectivity index (χ1n) is 6.16. The number of carbonyl (C=O) groups is 2. The highest BCUT2D eigenvalue weighted by Crippen LogP contribution is 2.26. The number of hydrogen-bond donors (Lipinski definition) is 0. The normalized spacial score (nSPS) is 14.3. The van der Waals surface area contributed by atoms with Crippen molar-refractivity contribution in [2.75, 3.05) is 7.05 Å². The average Bonchev–Trinajstić information content (AvgIpc) is 2.34. The molecular formula is C14H19ClN2O3. The Balaban J connectivity index is 3.10. The molecule has 1 rings (SSSR count). The van der Waals surface area contributed by atoms with Crippen molar-refractivity contribution >= 4 is 24.0 Å². The number of hydrogen-bond acceptors (Lipinski definition) is 4. The van der Waals surface area contributed by atoms with Gasteiger partial charge in [0.25, 0.3) is 0 Å². The Morgan fingerprint density at radius 1 is 1.35 bits per heavy atom. The predicted octanol–water partition coefficient (Wildman–Crippen LogP) is 3.02. The van der Waals surface area contributed by atoms with Gasteiger partial charge in [-0.25, -0.2) is 9.78 Å². The van der Waals surface area contributed by atoms with Crippen molar-refractivity contribution in [2.45, 2.75) is 38.8 Å². The third-order valence-electron chi connectivity index (χ3n) is 2.83. The van der Waals surface area contributed by atoms with Crippen molar-refractivity contribution in [3.05, 3.63) is 29.0 Å². The van der Waals surface area contributed by atoms with Crippen LogP contribution in [0.2, 0.25) is 5.15 Å². The van der Waals surface area contributed by atoms with E-state index >= 15 is 0 Å². The fourth-order valence-electron chi connectivity index (χ4n) is 1.52. The molecule has 110 valence electrons. The molecule has 1 amide bonds. The standard InChI is InChI=1S/C14H19ClN2O3/c1-13(2,3)20-12(19)17(5)14(4,9-18)10-7-6-8-11(15)16-10/h6-9H,1-5H3. The first-order valence-corrected chi connectivity index (χ1v) is 6.54. The van der Waals surface area contributed by atoms with Gasteiger partial charge in [0.15, 0.2) is 6.29 Å². The quantitative estimate of drug-likeness (QED) is 0.636. The number of likely N-dealkylation sites (N-methyl/N-ethyl adjacent to an activating group) is 1. The topological polar surface area (TPSA) is 59.5 Å². The minimum atomic E-state index is -1.24. The van der Waals surface area contributed by atoms with Crippen LogP contribution in [0.5, 0.6) is 0 Å². The molecule has 0 radical (unpaired) electrons. The van der Waals surface area contributed by atoms with Crippen molar-refractivity contribution in [3.63, 3.8) is 0 Å². The molecule has 0 spiro atoms. The van der Waals surface area contributed by atoms with Gasteiger partial charge in [0.2, 0.25) is 0 Å². The Bertz CT molecular complexity index is 513. The molecule has 0 N–H and O–H groups in total. The largest absolute Gasteiger partial charge is 0.444 e. The van der Waals surface area contributed by atoms with Gasteiger partial charge in [0.1, 0.15) is 16.3 Å². The third-order valence-corrected chi connectivity index (χ3v) is 3.04. The second-order valence-corrected chi connectivity index (χ2v) is 6.04. The van der Waals surface area contributed by atoms with Crippen LogP contribution >= 0.6 is 11.6 Å². The molecule has 1 atom stereocenters. The van der Waals surface area contributed by atoms with Gasteiger partial charge in [0, 0.05) is 7.05 Å². The fraction of sp³-hybridized carbons (Fsp3) is 0.500. The highest BCUT2D eigenvalue weighted by atomic mass is 35.5. The predicted molar refractivity (Wildman–Crippen MR) is 76.7 cm³/mol. The lowest BCUT2D eigenvalue weighted by molar-refractivity contribution is -0.117. The van der Waals surface area contributed by atoms with Crippen LogP contribution in [0, 0.1) is 0 Å². The van der Waals surface area contributed by atoms with Crippen molar-refractivity contribution in [3.8, 4) is 0 Å². The molecule has 0 fully saturated rings. The van der Waals surface area contributed by atoms with E-state index in [0.717, 1.165) is 0 Å². The van der Waals surface area contributed by atoms with Crippen molar-refractivity contribution in [1.82, 2.24) is 9.88 Å². The summed E-state index contributed by atoms with van der Waals surface area (Å²) >= 11 is 5.84. The number of pyridine rings is 1. The number of ether oxygens (including phenoxy) is 1. The molecular weight excluding hydrogens is 280 g/mol. The maximum absolute atomic E-state index is 12.1. The lowest BCUT2D eigenvalue weighted by atomic mass is 9.97. The van der Waals surface area contributed by atoms with Crippen LogP contribution in [0.4, 0.5) is 4.79 Å². The van der Waals surface area contributed by atoms with Crippen LogP contribution in [0.15, 0.2) is 18.2 Å². The summed E-state index contributed by atoms with van der Waals surface area (Å²) in [4.78, 5) is 28.9. The minimum absolute atomic E-state index is 0.258. The summed E-state index contributed by atoms with van der Waals surface area (Å²) in [7, 11) is 1.49. The molecule has 0 saturated carbocycles. The Morgan fingerprint density at radius 2 is 1.95 bits per heavy atom.